The van der Waals surface area contributed by atoms with E-state index in [0.717, 1.165) is 30.9 Å². The lowest BCUT2D eigenvalue weighted by atomic mass is 10.2. The number of rotatable bonds is 6. The summed E-state index contributed by atoms with van der Waals surface area (Å²) in [5.41, 5.74) is 2.34. The minimum absolute atomic E-state index is 0.570. The van der Waals surface area contributed by atoms with Gasteiger partial charge in [0, 0.05) is 40.4 Å². The van der Waals surface area contributed by atoms with Crippen LogP contribution in [0.5, 0.6) is 0 Å². The lowest BCUT2D eigenvalue weighted by molar-refractivity contribution is 0.476. The first-order chi connectivity index (χ1) is 11.5. The number of halogens is 2. The molecule has 7 heteroatoms. The number of guanidine groups is 1. The van der Waals surface area contributed by atoms with E-state index in [9.17, 15) is 0 Å². The lowest BCUT2D eigenvalue weighted by Crippen LogP contribution is -2.39. The normalized spacial score (nSPS) is 11.6. The highest BCUT2D eigenvalue weighted by Gasteiger charge is 2.08. The Hall–Kier alpha value is -1.72. The third-order valence-corrected chi connectivity index (χ3v) is 4.40. The van der Waals surface area contributed by atoms with Gasteiger partial charge in [-0.05, 0) is 36.1 Å². The minimum atomic E-state index is 0.570. The Morgan fingerprint density at radius 1 is 1.29 bits per heavy atom. The Bertz CT molecular complexity index is 696. The molecule has 1 heterocycles. The molecule has 0 amide bonds. The summed E-state index contributed by atoms with van der Waals surface area (Å²) in [6, 6.07) is 5.67. The standard InChI is InChI=1S/C17H23Cl2N5/c1-20-17(21-8-4-5-14-10-22-24(3)12-14)23(2)11-13-6-7-15(18)16(19)9-13/h6-7,9-10,12H,4-5,8,11H2,1-3H3,(H,20,21). The first-order valence-corrected chi connectivity index (χ1v) is 8.58. The van der Waals surface area contributed by atoms with Gasteiger partial charge in [0.15, 0.2) is 5.96 Å². The van der Waals surface area contributed by atoms with E-state index in [1.165, 1.54) is 5.56 Å². The second-order valence-corrected chi connectivity index (χ2v) is 6.52. The Kier molecular flexibility index (Phi) is 6.94. The summed E-state index contributed by atoms with van der Waals surface area (Å²) in [5, 5.41) is 8.70. The summed E-state index contributed by atoms with van der Waals surface area (Å²) in [5.74, 6) is 0.854. The van der Waals surface area contributed by atoms with Gasteiger partial charge < -0.3 is 10.2 Å². The molecule has 130 valence electrons. The molecule has 5 nitrogen and oxygen atoms in total. The Balaban J connectivity index is 1.80. The summed E-state index contributed by atoms with van der Waals surface area (Å²) in [6.07, 6.45) is 5.97. The third kappa shape index (κ3) is 5.42. The van der Waals surface area contributed by atoms with E-state index >= 15 is 0 Å². The maximum atomic E-state index is 6.07. The quantitative estimate of drug-likeness (QED) is 0.483. The molecule has 24 heavy (non-hydrogen) atoms. The van der Waals surface area contributed by atoms with Gasteiger partial charge in [0.05, 0.1) is 16.2 Å². The van der Waals surface area contributed by atoms with Gasteiger partial charge in [0.25, 0.3) is 0 Å². The number of aliphatic imine (C=N–C) groups is 1. The highest BCUT2D eigenvalue weighted by atomic mass is 35.5. The van der Waals surface area contributed by atoms with E-state index in [-0.39, 0.29) is 0 Å². The minimum Gasteiger partial charge on any atom is -0.356 e. The van der Waals surface area contributed by atoms with Crippen molar-refractivity contribution in [2.24, 2.45) is 12.0 Å². The van der Waals surface area contributed by atoms with Crippen molar-refractivity contribution >= 4 is 29.2 Å². The molecule has 0 aliphatic carbocycles. The summed E-state index contributed by atoms with van der Waals surface area (Å²) < 4.78 is 1.83. The molecule has 0 spiro atoms. The van der Waals surface area contributed by atoms with E-state index in [0.29, 0.717) is 16.6 Å². The molecular formula is C17H23Cl2N5. The SMILES string of the molecule is CN=C(NCCCc1cnn(C)c1)N(C)Cc1ccc(Cl)c(Cl)c1. The molecule has 0 radical (unpaired) electrons. The fourth-order valence-electron chi connectivity index (χ4n) is 2.47. The highest BCUT2D eigenvalue weighted by Crippen LogP contribution is 2.23. The van der Waals surface area contributed by atoms with E-state index in [4.69, 9.17) is 23.2 Å². The van der Waals surface area contributed by atoms with Crippen molar-refractivity contribution in [3.8, 4) is 0 Å². The smallest absolute Gasteiger partial charge is 0.193 e. The summed E-state index contributed by atoms with van der Waals surface area (Å²) in [6.45, 7) is 1.56. The van der Waals surface area contributed by atoms with Gasteiger partial charge in [0.2, 0.25) is 0 Å². The van der Waals surface area contributed by atoms with Crippen molar-refractivity contribution < 1.29 is 0 Å². The van der Waals surface area contributed by atoms with Crippen LogP contribution in [-0.4, -0.2) is 41.3 Å². The Labute approximate surface area is 153 Å². The van der Waals surface area contributed by atoms with Gasteiger partial charge in [0.1, 0.15) is 0 Å². The Morgan fingerprint density at radius 3 is 2.71 bits per heavy atom. The summed E-state index contributed by atoms with van der Waals surface area (Å²) in [7, 11) is 5.72. The van der Waals surface area contributed by atoms with Crippen LogP contribution < -0.4 is 5.32 Å². The molecule has 2 aromatic rings. The zero-order chi connectivity index (χ0) is 17.5. The van der Waals surface area contributed by atoms with Gasteiger partial charge in [-0.1, -0.05) is 29.3 Å². The second-order valence-electron chi connectivity index (χ2n) is 5.70. The van der Waals surface area contributed by atoms with Crippen molar-refractivity contribution in [3.63, 3.8) is 0 Å². The van der Waals surface area contributed by atoms with Crippen LogP contribution in [-0.2, 0) is 20.0 Å². The topological polar surface area (TPSA) is 45.5 Å². The molecule has 1 N–H and O–H groups in total. The van der Waals surface area contributed by atoms with Crippen LogP contribution in [0.15, 0.2) is 35.6 Å². The number of hydrogen-bond acceptors (Lipinski definition) is 2. The number of benzene rings is 1. The molecule has 1 aromatic heterocycles. The first-order valence-electron chi connectivity index (χ1n) is 7.83. The number of nitrogens with zero attached hydrogens (tertiary/aromatic N) is 4. The molecule has 0 aliphatic heterocycles. The van der Waals surface area contributed by atoms with Crippen molar-refractivity contribution in [1.82, 2.24) is 20.0 Å². The van der Waals surface area contributed by atoms with E-state index < -0.39 is 0 Å². The fraction of sp³-hybridized carbons (Fsp3) is 0.412. The van der Waals surface area contributed by atoms with Crippen molar-refractivity contribution in [2.45, 2.75) is 19.4 Å². The van der Waals surface area contributed by atoms with E-state index in [2.05, 4.69) is 20.3 Å². The van der Waals surface area contributed by atoms with Crippen LogP contribution in [0.2, 0.25) is 10.0 Å². The Morgan fingerprint density at radius 2 is 2.08 bits per heavy atom. The monoisotopic (exact) mass is 367 g/mol. The molecule has 0 saturated heterocycles. The molecule has 0 fully saturated rings. The van der Waals surface area contributed by atoms with Gasteiger partial charge in [-0.3, -0.25) is 9.67 Å². The molecule has 0 unspecified atom stereocenters. The van der Waals surface area contributed by atoms with Gasteiger partial charge >= 0.3 is 0 Å². The largest absolute Gasteiger partial charge is 0.356 e. The van der Waals surface area contributed by atoms with Crippen molar-refractivity contribution in [3.05, 3.63) is 51.8 Å². The van der Waals surface area contributed by atoms with Crippen LogP contribution in [0.3, 0.4) is 0 Å². The highest BCUT2D eigenvalue weighted by molar-refractivity contribution is 6.42. The number of aromatic nitrogens is 2. The molecule has 0 atom stereocenters. The number of nitrogens with one attached hydrogen (secondary N) is 1. The summed E-state index contributed by atoms with van der Waals surface area (Å²) >= 11 is 12.0. The predicted octanol–water partition coefficient (Wildman–Crippen LogP) is 3.37. The maximum Gasteiger partial charge on any atom is 0.193 e. The molecule has 0 bridgehead atoms. The molecule has 0 saturated carbocycles. The molecular weight excluding hydrogens is 345 g/mol. The number of hydrogen-bond donors (Lipinski definition) is 1. The average molecular weight is 368 g/mol. The summed E-state index contributed by atoms with van der Waals surface area (Å²) in [4.78, 5) is 6.39. The van der Waals surface area contributed by atoms with Crippen LogP contribution in [0.1, 0.15) is 17.5 Å². The number of aryl methyl sites for hydroxylation is 2. The van der Waals surface area contributed by atoms with Crippen LogP contribution in [0.25, 0.3) is 0 Å². The fourth-order valence-corrected chi connectivity index (χ4v) is 2.79. The zero-order valence-electron chi connectivity index (χ0n) is 14.3. The third-order valence-electron chi connectivity index (χ3n) is 3.66. The molecule has 2 rings (SSSR count). The zero-order valence-corrected chi connectivity index (χ0v) is 15.8. The van der Waals surface area contributed by atoms with Gasteiger partial charge in [-0.25, -0.2) is 0 Å². The van der Waals surface area contributed by atoms with E-state index in [1.807, 2.05) is 49.4 Å². The van der Waals surface area contributed by atoms with Crippen molar-refractivity contribution in [1.29, 1.82) is 0 Å². The average Bonchev–Trinajstić information content (AvgIpc) is 2.96. The van der Waals surface area contributed by atoms with Crippen LogP contribution >= 0.6 is 23.2 Å². The van der Waals surface area contributed by atoms with Gasteiger partial charge in [-0.15, -0.1) is 0 Å². The second kappa shape index (κ2) is 8.94. The van der Waals surface area contributed by atoms with Crippen molar-refractivity contribution in [2.75, 3.05) is 20.6 Å². The van der Waals surface area contributed by atoms with Crippen LogP contribution in [0.4, 0.5) is 0 Å². The van der Waals surface area contributed by atoms with E-state index in [1.54, 1.807) is 7.05 Å². The predicted molar refractivity (Wildman–Crippen MR) is 101 cm³/mol. The molecule has 0 aliphatic rings. The van der Waals surface area contributed by atoms with Crippen LogP contribution in [0, 0.1) is 0 Å². The maximum absolute atomic E-state index is 6.07. The lowest BCUT2D eigenvalue weighted by Gasteiger charge is -2.22. The van der Waals surface area contributed by atoms with Gasteiger partial charge in [-0.2, -0.15) is 5.10 Å². The molecule has 1 aromatic carbocycles. The first kappa shape index (κ1) is 18.6.